The molecule has 6 nitrogen and oxygen atoms in total. The molecule has 0 aliphatic carbocycles. The number of aromatic nitrogens is 2. The van der Waals surface area contributed by atoms with Gasteiger partial charge in [0, 0.05) is 37.9 Å². The topological polar surface area (TPSA) is 57.4 Å². The predicted molar refractivity (Wildman–Crippen MR) is 108 cm³/mol. The van der Waals surface area contributed by atoms with Gasteiger partial charge in [0.2, 0.25) is 0 Å². The lowest BCUT2D eigenvalue weighted by atomic mass is 10.1. The van der Waals surface area contributed by atoms with Crippen molar-refractivity contribution < 1.29 is 4.42 Å². The molecule has 140 valence electrons. The second kappa shape index (κ2) is 7.70. The number of benzene rings is 1. The molecule has 0 atom stereocenters. The molecule has 3 heterocycles. The summed E-state index contributed by atoms with van der Waals surface area (Å²) in [7, 11) is 0. The third kappa shape index (κ3) is 3.89. The van der Waals surface area contributed by atoms with E-state index in [1.807, 2.05) is 18.2 Å². The Hall–Kier alpha value is -3.02. The first-order chi connectivity index (χ1) is 13.2. The van der Waals surface area contributed by atoms with Crippen LogP contribution in [0, 0.1) is 13.8 Å². The van der Waals surface area contributed by atoms with Crippen LogP contribution < -0.4 is 15.1 Å². The summed E-state index contributed by atoms with van der Waals surface area (Å²) in [6, 6.07) is 12.4. The third-order valence-corrected chi connectivity index (χ3v) is 5.20. The normalized spacial score (nSPS) is 14.4. The van der Waals surface area contributed by atoms with E-state index in [0.29, 0.717) is 6.54 Å². The van der Waals surface area contributed by atoms with Crippen LogP contribution in [0.3, 0.4) is 0 Å². The van der Waals surface area contributed by atoms with Crippen LogP contribution in [0.25, 0.3) is 0 Å². The van der Waals surface area contributed by atoms with Crippen LogP contribution in [0.5, 0.6) is 0 Å². The summed E-state index contributed by atoms with van der Waals surface area (Å²) in [5, 5.41) is 3.29. The molecule has 1 saturated heterocycles. The van der Waals surface area contributed by atoms with E-state index in [4.69, 9.17) is 4.42 Å². The lowest BCUT2D eigenvalue weighted by Crippen LogP contribution is -2.47. The van der Waals surface area contributed by atoms with Gasteiger partial charge in [0.25, 0.3) is 0 Å². The van der Waals surface area contributed by atoms with Crippen molar-refractivity contribution in [3.63, 3.8) is 0 Å². The molecule has 6 heteroatoms. The largest absolute Gasteiger partial charge is 0.467 e. The number of anilines is 3. The summed E-state index contributed by atoms with van der Waals surface area (Å²) in [6.07, 6.45) is 3.30. The maximum absolute atomic E-state index is 5.35. The third-order valence-electron chi connectivity index (χ3n) is 5.20. The van der Waals surface area contributed by atoms with Crippen molar-refractivity contribution in [1.29, 1.82) is 0 Å². The molecule has 27 heavy (non-hydrogen) atoms. The first-order valence-corrected chi connectivity index (χ1v) is 9.35. The molecule has 1 aliphatic rings. The standard InChI is InChI=1S/C21H25N5O/c1-16-5-3-7-19(17(16)2)25-8-10-26(11-9-25)21-13-20(23-15-24-21)22-14-18-6-4-12-27-18/h3-7,12-13,15H,8-11,14H2,1-2H3,(H,22,23,24). The predicted octanol–water partition coefficient (Wildman–Crippen LogP) is 3.63. The van der Waals surface area contributed by atoms with Crippen molar-refractivity contribution in [2.45, 2.75) is 20.4 Å². The number of aryl methyl sites for hydroxylation is 1. The molecule has 1 aliphatic heterocycles. The van der Waals surface area contributed by atoms with Gasteiger partial charge in [-0.3, -0.25) is 0 Å². The summed E-state index contributed by atoms with van der Waals surface area (Å²) in [6.45, 7) is 8.87. The monoisotopic (exact) mass is 363 g/mol. The number of rotatable bonds is 5. The second-order valence-corrected chi connectivity index (χ2v) is 6.89. The quantitative estimate of drug-likeness (QED) is 0.747. The van der Waals surface area contributed by atoms with Gasteiger partial charge in [-0.25, -0.2) is 9.97 Å². The van der Waals surface area contributed by atoms with Gasteiger partial charge < -0.3 is 19.5 Å². The minimum Gasteiger partial charge on any atom is -0.467 e. The molecule has 0 radical (unpaired) electrons. The highest BCUT2D eigenvalue weighted by Gasteiger charge is 2.20. The van der Waals surface area contributed by atoms with Gasteiger partial charge in [0.15, 0.2) is 0 Å². The number of nitrogens with zero attached hydrogens (tertiary/aromatic N) is 4. The highest BCUT2D eigenvalue weighted by molar-refractivity contribution is 5.57. The Balaban J connectivity index is 1.39. The maximum atomic E-state index is 5.35. The molecule has 0 bridgehead atoms. The number of piperazine rings is 1. The Morgan fingerprint density at radius 2 is 1.81 bits per heavy atom. The number of nitrogens with one attached hydrogen (secondary N) is 1. The van der Waals surface area contributed by atoms with Crippen LogP contribution in [0.4, 0.5) is 17.3 Å². The van der Waals surface area contributed by atoms with E-state index in [1.165, 1.54) is 16.8 Å². The van der Waals surface area contributed by atoms with Crippen LogP contribution >= 0.6 is 0 Å². The molecule has 3 aromatic rings. The van der Waals surface area contributed by atoms with Crippen molar-refractivity contribution in [2.75, 3.05) is 41.3 Å². The summed E-state index contributed by atoms with van der Waals surface area (Å²) in [5.74, 6) is 2.67. The Bertz CT molecular complexity index is 885. The van der Waals surface area contributed by atoms with E-state index in [-0.39, 0.29) is 0 Å². The van der Waals surface area contributed by atoms with Gasteiger partial charge in [0.1, 0.15) is 23.7 Å². The minimum atomic E-state index is 0.615. The van der Waals surface area contributed by atoms with Crippen LogP contribution in [0.1, 0.15) is 16.9 Å². The molecule has 1 aromatic carbocycles. The molecule has 0 saturated carbocycles. The maximum Gasteiger partial charge on any atom is 0.134 e. The minimum absolute atomic E-state index is 0.615. The molecule has 1 N–H and O–H groups in total. The van der Waals surface area contributed by atoms with Crippen molar-refractivity contribution in [3.8, 4) is 0 Å². The van der Waals surface area contributed by atoms with Crippen LogP contribution in [0.15, 0.2) is 53.4 Å². The van der Waals surface area contributed by atoms with Gasteiger partial charge in [-0.2, -0.15) is 0 Å². The Morgan fingerprint density at radius 1 is 1.00 bits per heavy atom. The molecular weight excluding hydrogens is 338 g/mol. The molecule has 2 aromatic heterocycles. The summed E-state index contributed by atoms with van der Waals surface area (Å²) < 4.78 is 5.35. The van der Waals surface area contributed by atoms with E-state index < -0.39 is 0 Å². The van der Waals surface area contributed by atoms with E-state index >= 15 is 0 Å². The molecule has 0 spiro atoms. The number of hydrogen-bond donors (Lipinski definition) is 1. The van der Waals surface area contributed by atoms with Gasteiger partial charge in [-0.1, -0.05) is 12.1 Å². The fraction of sp³-hybridized carbons (Fsp3) is 0.333. The SMILES string of the molecule is Cc1cccc(N2CCN(c3cc(NCc4ccco4)ncn3)CC2)c1C. The zero-order valence-corrected chi connectivity index (χ0v) is 15.9. The fourth-order valence-corrected chi connectivity index (χ4v) is 3.46. The molecule has 1 fully saturated rings. The van der Waals surface area contributed by atoms with E-state index in [0.717, 1.165) is 43.6 Å². The lowest BCUT2D eigenvalue weighted by Gasteiger charge is -2.37. The Labute approximate surface area is 159 Å². The number of hydrogen-bond acceptors (Lipinski definition) is 6. The van der Waals surface area contributed by atoms with Crippen LogP contribution in [-0.4, -0.2) is 36.1 Å². The molecule has 0 unspecified atom stereocenters. The van der Waals surface area contributed by atoms with Gasteiger partial charge in [0.05, 0.1) is 12.8 Å². The van der Waals surface area contributed by atoms with E-state index in [1.54, 1.807) is 12.6 Å². The number of furan rings is 1. The average molecular weight is 363 g/mol. The Morgan fingerprint density at radius 3 is 2.59 bits per heavy atom. The lowest BCUT2D eigenvalue weighted by molar-refractivity contribution is 0.518. The summed E-state index contributed by atoms with van der Waals surface area (Å²) in [5.41, 5.74) is 4.06. The van der Waals surface area contributed by atoms with E-state index in [9.17, 15) is 0 Å². The van der Waals surface area contributed by atoms with Gasteiger partial charge >= 0.3 is 0 Å². The van der Waals surface area contributed by atoms with Gasteiger partial charge in [-0.05, 0) is 43.2 Å². The smallest absolute Gasteiger partial charge is 0.134 e. The molecular formula is C21H25N5O. The highest BCUT2D eigenvalue weighted by atomic mass is 16.3. The summed E-state index contributed by atoms with van der Waals surface area (Å²) >= 11 is 0. The van der Waals surface area contributed by atoms with Crippen molar-refractivity contribution >= 4 is 17.3 Å². The molecule has 4 rings (SSSR count). The van der Waals surface area contributed by atoms with Crippen molar-refractivity contribution in [1.82, 2.24) is 9.97 Å². The van der Waals surface area contributed by atoms with Crippen LogP contribution in [0.2, 0.25) is 0 Å². The Kier molecular flexibility index (Phi) is 4.96. The highest BCUT2D eigenvalue weighted by Crippen LogP contribution is 2.25. The first-order valence-electron chi connectivity index (χ1n) is 9.35. The van der Waals surface area contributed by atoms with Crippen LogP contribution in [-0.2, 0) is 6.54 Å². The van der Waals surface area contributed by atoms with Crippen molar-refractivity contribution in [3.05, 3.63) is 65.9 Å². The first kappa shape index (κ1) is 17.4. The van der Waals surface area contributed by atoms with Crippen molar-refractivity contribution in [2.24, 2.45) is 0 Å². The second-order valence-electron chi connectivity index (χ2n) is 6.89. The zero-order valence-electron chi connectivity index (χ0n) is 15.9. The average Bonchev–Trinajstić information content (AvgIpc) is 3.23. The zero-order chi connectivity index (χ0) is 18.6. The molecule has 0 amide bonds. The fourth-order valence-electron chi connectivity index (χ4n) is 3.46. The van der Waals surface area contributed by atoms with Gasteiger partial charge in [-0.15, -0.1) is 0 Å². The van der Waals surface area contributed by atoms with E-state index in [2.05, 4.69) is 57.1 Å². The summed E-state index contributed by atoms with van der Waals surface area (Å²) in [4.78, 5) is 13.6.